The van der Waals surface area contributed by atoms with Crippen molar-refractivity contribution in [1.82, 2.24) is 9.97 Å². The number of nitrogens with zero attached hydrogens (tertiary/aromatic N) is 2. The van der Waals surface area contributed by atoms with Crippen LogP contribution in [-0.4, -0.2) is 21.2 Å². The topological polar surface area (TPSA) is 88.9 Å². The zero-order valence-electron chi connectivity index (χ0n) is 8.49. The first-order chi connectivity index (χ1) is 8.20. The van der Waals surface area contributed by atoms with Crippen LogP contribution in [-0.2, 0) is 0 Å². The van der Waals surface area contributed by atoms with Crippen LogP contribution in [0.3, 0.4) is 0 Å². The molecule has 0 unspecified atom stereocenters. The molecule has 2 aromatic rings. The fraction of sp³-hybridized carbons (Fsp3) is 0. The highest BCUT2D eigenvalue weighted by atomic mass is 32.2. The summed E-state index contributed by atoms with van der Waals surface area (Å²) in [4.78, 5) is 28.4. The number of benzene rings is 1. The SMILES string of the molecule is O=Cc1cc(Sc2ncc[nH]2)ccc1[N+](=O)[O-]. The Morgan fingerprint density at radius 3 is 2.88 bits per heavy atom. The van der Waals surface area contributed by atoms with Crippen molar-refractivity contribution in [3.05, 3.63) is 46.3 Å². The molecule has 0 aliphatic rings. The van der Waals surface area contributed by atoms with Crippen LogP contribution in [0, 0.1) is 10.1 Å². The second-order valence-electron chi connectivity index (χ2n) is 3.09. The molecule has 2 rings (SSSR count). The van der Waals surface area contributed by atoms with Crippen molar-refractivity contribution in [2.45, 2.75) is 10.1 Å². The number of aldehydes is 1. The largest absolute Gasteiger partial charge is 0.339 e. The van der Waals surface area contributed by atoms with Crippen LogP contribution in [0.2, 0.25) is 0 Å². The number of aromatic nitrogens is 2. The molecule has 17 heavy (non-hydrogen) atoms. The molecule has 86 valence electrons. The zero-order chi connectivity index (χ0) is 12.3. The van der Waals surface area contributed by atoms with Gasteiger partial charge in [-0.2, -0.15) is 0 Å². The van der Waals surface area contributed by atoms with E-state index in [9.17, 15) is 14.9 Å². The second-order valence-corrected chi connectivity index (χ2v) is 4.15. The fourth-order valence-electron chi connectivity index (χ4n) is 1.27. The highest BCUT2D eigenvalue weighted by Crippen LogP contribution is 2.28. The summed E-state index contributed by atoms with van der Waals surface area (Å²) in [6.45, 7) is 0. The van der Waals surface area contributed by atoms with Gasteiger partial charge in [-0.15, -0.1) is 0 Å². The summed E-state index contributed by atoms with van der Waals surface area (Å²) in [7, 11) is 0. The maximum atomic E-state index is 10.7. The van der Waals surface area contributed by atoms with E-state index in [1.807, 2.05) is 0 Å². The predicted octanol–water partition coefficient (Wildman–Crippen LogP) is 2.28. The van der Waals surface area contributed by atoms with Crippen LogP contribution < -0.4 is 0 Å². The summed E-state index contributed by atoms with van der Waals surface area (Å²) in [6, 6.07) is 4.37. The van der Waals surface area contributed by atoms with Crippen LogP contribution in [0.5, 0.6) is 0 Å². The molecule has 0 aliphatic carbocycles. The first kappa shape index (κ1) is 11.3. The molecule has 0 atom stereocenters. The van der Waals surface area contributed by atoms with Gasteiger partial charge in [-0.3, -0.25) is 14.9 Å². The molecule has 0 bridgehead atoms. The van der Waals surface area contributed by atoms with Gasteiger partial charge in [0.2, 0.25) is 0 Å². The minimum Gasteiger partial charge on any atom is -0.339 e. The number of imidazole rings is 1. The van der Waals surface area contributed by atoms with Gasteiger partial charge in [-0.25, -0.2) is 4.98 Å². The smallest absolute Gasteiger partial charge is 0.279 e. The standard InChI is InChI=1S/C10H7N3O3S/c14-6-7-5-8(1-2-9(7)13(15)16)17-10-11-3-4-12-10/h1-6H,(H,11,12). The lowest BCUT2D eigenvalue weighted by atomic mass is 10.2. The van der Waals surface area contributed by atoms with Gasteiger partial charge in [0.15, 0.2) is 11.4 Å². The minimum atomic E-state index is -0.578. The molecule has 6 nitrogen and oxygen atoms in total. The number of hydrogen-bond acceptors (Lipinski definition) is 5. The number of carbonyl (C=O) groups is 1. The lowest BCUT2D eigenvalue weighted by molar-refractivity contribution is -0.385. The Bertz CT molecular complexity index is 554. The van der Waals surface area contributed by atoms with E-state index in [0.29, 0.717) is 16.3 Å². The van der Waals surface area contributed by atoms with Crippen molar-refractivity contribution in [1.29, 1.82) is 0 Å². The Kier molecular flexibility index (Phi) is 3.20. The molecular formula is C10H7N3O3S. The van der Waals surface area contributed by atoms with E-state index in [-0.39, 0.29) is 11.3 Å². The number of nitro groups is 1. The first-order valence-corrected chi connectivity index (χ1v) is 5.43. The zero-order valence-corrected chi connectivity index (χ0v) is 9.31. The Morgan fingerprint density at radius 1 is 1.47 bits per heavy atom. The number of carbonyl (C=O) groups excluding carboxylic acids is 1. The molecule has 0 saturated carbocycles. The van der Waals surface area contributed by atoms with E-state index in [0.717, 1.165) is 0 Å². The lowest BCUT2D eigenvalue weighted by Gasteiger charge is -2.00. The quantitative estimate of drug-likeness (QED) is 0.510. The summed E-state index contributed by atoms with van der Waals surface area (Å²) >= 11 is 1.30. The molecule has 0 aliphatic heterocycles. The average Bonchev–Trinajstić information content (AvgIpc) is 2.81. The predicted molar refractivity (Wildman–Crippen MR) is 61.2 cm³/mol. The minimum absolute atomic E-state index is 0.0616. The van der Waals surface area contributed by atoms with Gasteiger partial charge in [0.25, 0.3) is 5.69 Å². The number of nitro benzene ring substituents is 1. The molecule has 0 spiro atoms. The van der Waals surface area contributed by atoms with E-state index >= 15 is 0 Å². The van der Waals surface area contributed by atoms with Crippen molar-refractivity contribution < 1.29 is 9.72 Å². The highest BCUT2D eigenvalue weighted by Gasteiger charge is 2.13. The van der Waals surface area contributed by atoms with E-state index in [1.165, 1.54) is 23.9 Å². The van der Waals surface area contributed by atoms with Crippen molar-refractivity contribution in [2.24, 2.45) is 0 Å². The molecule has 1 N–H and O–H groups in total. The molecule has 0 radical (unpaired) electrons. The van der Waals surface area contributed by atoms with Crippen molar-refractivity contribution >= 4 is 23.7 Å². The van der Waals surface area contributed by atoms with Gasteiger partial charge in [0, 0.05) is 23.4 Å². The normalized spacial score (nSPS) is 10.1. The first-order valence-electron chi connectivity index (χ1n) is 4.61. The number of nitrogens with one attached hydrogen (secondary N) is 1. The third-order valence-electron chi connectivity index (χ3n) is 2.01. The summed E-state index contributed by atoms with van der Waals surface area (Å²) in [5, 5.41) is 11.3. The summed E-state index contributed by atoms with van der Waals surface area (Å²) < 4.78 is 0. The van der Waals surface area contributed by atoms with Gasteiger partial charge in [-0.1, -0.05) is 11.8 Å². The maximum absolute atomic E-state index is 10.7. The highest BCUT2D eigenvalue weighted by molar-refractivity contribution is 7.99. The molecular weight excluding hydrogens is 242 g/mol. The lowest BCUT2D eigenvalue weighted by Crippen LogP contribution is -1.94. The Balaban J connectivity index is 2.31. The monoisotopic (exact) mass is 249 g/mol. The Labute approximate surface area is 100 Å². The molecule has 0 saturated heterocycles. The van der Waals surface area contributed by atoms with Crippen molar-refractivity contribution in [3.8, 4) is 0 Å². The second kappa shape index (κ2) is 4.79. The molecule has 1 aromatic carbocycles. The van der Waals surface area contributed by atoms with Crippen LogP contribution >= 0.6 is 11.8 Å². The third kappa shape index (κ3) is 2.51. The van der Waals surface area contributed by atoms with E-state index in [4.69, 9.17) is 0 Å². The van der Waals surface area contributed by atoms with Crippen LogP contribution in [0.4, 0.5) is 5.69 Å². The van der Waals surface area contributed by atoms with Crippen LogP contribution in [0.1, 0.15) is 10.4 Å². The summed E-state index contributed by atoms with van der Waals surface area (Å²) in [5.74, 6) is 0. The van der Waals surface area contributed by atoms with E-state index in [1.54, 1.807) is 18.5 Å². The maximum Gasteiger partial charge on any atom is 0.279 e. The Morgan fingerprint density at radius 2 is 2.29 bits per heavy atom. The van der Waals surface area contributed by atoms with Crippen LogP contribution in [0.15, 0.2) is 40.6 Å². The Hall–Kier alpha value is -2.15. The van der Waals surface area contributed by atoms with Gasteiger partial charge >= 0.3 is 0 Å². The summed E-state index contributed by atoms with van der Waals surface area (Å²) in [5.41, 5.74) is -0.129. The van der Waals surface area contributed by atoms with Crippen molar-refractivity contribution in [3.63, 3.8) is 0 Å². The van der Waals surface area contributed by atoms with Crippen molar-refractivity contribution in [2.75, 3.05) is 0 Å². The van der Waals surface area contributed by atoms with Crippen LogP contribution in [0.25, 0.3) is 0 Å². The van der Waals surface area contributed by atoms with Gasteiger partial charge < -0.3 is 4.98 Å². The third-order valence-corrected chi connectivity index (χ3v) is 2.92. The molecule has 1 heterocycles. The molecule has 1 aromatic heterocycles. The molecule has 7 heteroatoms. The van der Waals surface area contributed by atoms with Gasteiger partial charge in [-0.05, 0) is 12.1 Å². The number of aromatic amines is 1. The number of hydrogen-bond donors (Lipinski definition) is 1. The fourth-order valence-corrected chi connectivity index (χ4v) is 2.06. The molecule has 0 amide bonds. The van der Waals surface area contributed by atoms with Gasteiger partial charge in [0.05, 0.1) is 10.5 Å². The van der Waals surface area contributed by atoms with Gasteiger partial charge in [0.1, 0.15) is 0 Å². The summed E-state index contributed by atoms with van der Waals surface area (Å²) in [6.07, 6.45) is 3.76. The van der Waals surface area contributed by atoms with E-state index in [2.05, 4.69) is 9.97 Å². The number of rotatable bonds is 4. The molecule has 0 fully saturated rings. The average molecular weight is 249 g/mol. The van der Waals surface area contributed by atoms with E-state index < -0.39 is 4.92 Å². The number of H-pyrrole nitrogens is 1.